The number of carbonyl (C=O) groups is 1. The first-order valence-corrected chi connectivity index (χ1v) is 13.1. The number of pyridine rings is 1. The van der Waals surface area contributed by atoms with Crippen molar-refractivity contribution in [2.45, 2.75) is 31.4 Å². The lowest BCUT2D eigenvalue weighted by atomic mass is 10.2. The highest BCUT2D eigenvalue weighted by Crippen LogP contribution is 2.26. The van der Waals surface area contributed by atoms with Gasteiger partial charge in [-0.25, -0.2) is 9.78 Å². The van der Waals surface area contributed by atoms with Crippen molar-refractivity contribution in [3.63, 3.8) is 0 Å². The molecule has 5 rings (SSSR count). The molecule has 2 fully saturated rings. The Morgan fingerprint density at radius 3 is 2.42 bits per heavy atom. The van der Waals surface area contributed by atoms with E-state index in [2.05, 4.69) is 31.2 Å². The van der Waals surface area contributed by atoms with Crippen molar-refractivity contribution in [1.82, 2.24) is 34.3 Å². The van der Waals surface area contributed by atoms with Crippen LogP contribution in [0.15, 0.2) is 24.8 Å². The van der Waals surface area contributed by atoms with E-state index >= 15 is 0 Å². The number of halogens is 6. The number of likely N-dealkylation sites (tertiary alicyclic amines) is 1. The molecule has 1 atom stereocenters. The maximum Gasteiger partial charge on any atom is 0.490 e. The number of aryl methyl sites for hydroxylation is 1. The van der Waals surface area contributed by atoms with E-state index < -0.39 is 24.9 Å². The third-order valence-corrected chi connectivity index (χ3v) is 6.79. The number of piperazine rings is 1. The topological polar surface area (TPSA) is 139 Å². The van der Waals surface area contributed by atoms with Crippen molar-refractivity contribution < 1.29 is 36.2 Å². The van der Waals surface area contributed by atoms with Gasteiger partial charge in [0.15, 0.2) is 17.0 Å². The number of hydrogen-bond acceptors (Lipinski definition) is 10. The van der Waals surface area contributed by atoms with Crippen molar-refractivity contribution >= 4 is 28.9 Å². The van der Waals surface area contributed by atoms with Gasteiger partial charge in [-0.05, 0) is 18.1 Å². The van der Waals surface area contributed by atoms with Crippen LogP contribution in [0, 0.1) is 11.3 Å². The highest BCUT2D eigenvalue weighted by Gasteiger charge is 2.38. The molecule has 2 aliphatic rings. The van der Waals surface area contributed by atoms with E-state index in [-0.39, 0.29) is 6.04 Å². The van der Waals surface area contributed by atoms with Gasteiger partial charge in [0.25, 0.3) is 0 Å². The molecular weight excluding hydrogens is 586 g/mol. The Labute approximate surface area is 241 Å². The fourth-order valence-electron chi connectivity index (χ4n) is 4.78. The lowest BCUT2D eigenvalue weighted by Gasteiger charge is -2.34. The number of carboxylic acids is 1. The Hall–Kier alpha value is -4.24. The van der Waals surface area contributed by atoms with Gasteiger partial charge in [-0.1, -0.05) is 0 Å². The second-order valence-corrected chi connectivity index (χ2v) is 10.1. The lowest BCUT2D eigenvalue weighted by Crippen LogP contribution is -2.46. The predicted molar refractivity (Wildman–Crippen MR) is 141 cm³/mol. The van der Waals surface area contributed by atoms with Gasteiger partial charge in [-0.3, -0.25) is 14.8 Å². The number of hydrogen-bond donors (Lipinski definition) is 2. The minimum atomic E-state index is -5.08. The van der Waals surface area contributed by atoms with Crippen molar-refractivity contribution in [2.75, 3.05) is 56.0 Å². The molecule has 5 heterocycles. The molecule has 3 aromatic heterocycles. The van der Waals surface area contributed by atoms with E-state index in [4.69, 9.17) is 25.1 Å². The highest BCUT2D eigenvalue weighted by atomic mass is 19.4. The summed E-state index contributed by atoms with van der Waals surface area (Å²) in [4.78, 5) is 32.8. The standard InChI is InChI=1S/C23H27F3N10.C2HF3O2/c1-33-15-29-19-20(30-18-2-3-35(13-18)14-23(24,25)26)31-22(32-21(19)33)36-6-4-34(5-7-36)12-17-8-16(9-27)10-28-11-17;3-2(4,5)1(6)7/h8,10-11,15,18H,2-7,12-14H2,1H3,(H,30,31,32);(H,6,7). The summed E-state index contributed by atoms with van der Waals surface area (Å²) in [6, 6.07) is 3.83. The largest absolute Gasteiger partial charge is 0.490 e. The summed E-state index contributed by atoms with van der Waals surface area (Å²) in [6.07, 6.45) is -3.69. The molecular formula is C25H28F6N10O2. The van der Waals surface area contributed by atoms with E-state index in [1.807, 2.05) is 17.7 Å². The highest BCUT2D eigenvalue weighted by molar-refractivity contribution is 5.84. The molecule has 3 aromatic rings. The molecule has 2 N–H and O–H groups in total. The van der Waals surface area contributed by atoms with Crippen LogP contribution in [0.3, 0.4) is 0 Å². The number of aromatic nitrogens is 5. The van der Waals surface area contributed by atoms with Crippen LogP contribution in [-0.4, -0.2) is 110 Å². The van der Waals surface area contributed by atoms with Gasteiger partial charge in [0, 0.05) is 71.3 Å². The first-order chi connectivity index (χ1) is 20.2. The first-order valence-electron chi connectivity index (χ1n) is 13.1. The minimum absolute atomic E-state index is 0.144. The third kappa shape index (κ3) is 8.64. The fourth-order valence-corrected chi connectivity index (χ4v) is 4.78. The third-order valence-electron chi connectivity index (χ3n) is 6.79. The van der Waals surface area contributed by atoms with Crippen LogP contribution in [0.4, 0.5) is 38.1 Å². The summed E-state index contributed by atoms with van der Waals surface area (Å²) in [5.41, 5.74) is 2.83. The summed E-state index contributed by atoms with van der Waals surface area (Å²) in [6.45, 7) is 3.51. The van der Waals surface area contributed by atoms with Gasteiger partial charge < -0.3 is 19.9 Å². The maximum absolute atomic E-state index is 12.8. The summed E-state index contributed by atoms with van der Waals surface area (Å²) in [7, 11) is 1.86. The van der Waals surface area contributed by atoms with Crippen LogP contribution in [-0.2, 0) is 18.4 Å². The number of nitrogens with one attached hydrogen (secondary N) is 1. The number of rotatable bonds is 6. The number of alkyl halides is 6. The smallest absolute Gasteiger partial charge is 0.475 e. The number of fused-ring (bicyclic) bond motifs is 1. The number of aliphatic carboxylic acids is 1. The van der Waals surface area contributed by atoms with E-state index in [0.29, 0.717) is 54.5 Å². The van der Waals surface area contributed by atoms with E-state index in [0.717, 1.165) is 31.7 Å². The Morgan fingerprint density at radius 1 is 1.09 bits per heavy atom. The van der Waals surface area contributed by atoms with E-state index in [1.54, 1.807) is 18.7 Å². The summed E-state index contributed by atoms with van der Waals surface area (Å²) in [5, 5.41) is 19.6. The molecule has 2 saturated heterocycles. The van der Waals surface area contributed by atoms with Gasteiger partial charge in [0.2, 0.25) is 5.95 Å². The Morgan fingerprint density at radius 2 is 1.79 bits per heavy atom. The van der Waals surface area contributed by atoms with Crippen molar-refractivity contribution in [3.05, 3.63) is 35.9 Å². The predicted octanol–water partition coefficient (Wildman–Crippen LogP) is 2.63. The molecule has 2 aliphatic heterocycles. The minimum Gasteiger partial charge on any atom is -0.475 e. The van der Waals surface area contributed by atoms with Gasteiger partial charge in [-0.15, -0.1) is 0 Å². The van der Waals surface area contributed by atoms with Gasteiger partial charge in [-0.2, -0.15) is 41.6 Å². The second kappa shape index (κ2) is 13.0. The summed E-state index contributed by atoms with van der Waals surface area (Å²) < 4.78 is 71.9. The number of nitriles is 1. The summed E-state index contributed by atoms with van der Waals surface area (Å²) >= 11 is 0. The quantitative estimate of drug-likeness (QED) is 0.396. The SMILES string of the molecule is Cn1cnc2c(NC3CCN(CC(F)(F)F)C3)nc(N3CCN(Cc4cncc(C#N)c4)CC3)nc21.O=C(O)C(F)(F)F. The molecule has 0 aromatic carbocycles. The van der Waals surface area contributed by atoms with E-state index in [1.165, 1.54) is 4.90 Å². The zero-order valence-electron chi connectivity index (χ0n) is 22.9. The monoisotopic (exact) mass is 614 g/mol. The lowest BCUT2D eigenvalue weighted by molar-refractivity contribution is -0.192. The molecule has 43 heavy (non-hydrogen) atoms. The molecule has 0 aliphatic carbocycles. The molecule has 0 amide bonds. The molecule has 0 radical (unpaired) electrons. The van der Waals surface area contributed by atoms with Crippen molar-refractivity contribution in [3.8, 4) is 6.07 Å². The van der Waals surface area contributed by atoms with Gasteiger partial charge in [0.05, 0.1) is 18.4 Å². The molecule has 1 unspecified atom stereocenters. The average Bonchev–Trinajstić information content (AvgIpc) is 3.53. The molecule has 232 valence electrons. The van der Waals surface area contributed by atoms with E-state index in [9.17, 15) is 26.3 Å². The van der Waals surface area contributed by atoms with Crippen LogP contribution in [0.1, 0.15) is 17.5 Å². The maximum atomic E-state index is 12.8. The number of carboxylic acid groups (broad SMARTS) is 1. The Balaban J connectivity index is 0.000000541. The van der Waals surface area contributed by atoms with Crippen molar-refractivity contribution in [2.24, 2.45) is 7.05 Å². The Bertz CT molecular complexity index is 1460. The molecule has 0 spiro atoms. The van der Waals surface area contributed by atoms with Crippen LogP contribution < -0.4 is 10.2 Å². The van der Waals surface area contributed by atoms with Crippen molar-refractivity contribution in [1.29, 1.82) is 5.26 Å². The molecule has 0 saturated carbocycles. The first kappa shape index (κ1) is 31.7. The van der Waals surface area contributed by atoms with Crippen LogP contribution in [0.25, 0.3) is 11.2 Å². The number of anilines is 2. The van der Waals surface area contributed by atoms with Crippen LogP contribution in [0.5, 0.6) is 0 Å². The van der Waals surface area contributed by atoms with Crippen LogP contribution in [0.2, 0.25) is 0 Å². The second-order valence-electron chi connectivity index (χ2n) is 10.1. The fraction of sp³-hybridized carbons (Fsp3) is 0.520. The van der Waals surface area contributed by atoms with Gasteiger partial charge in [0.1, 0.15) is 6.07 Å². The zero-order valence-corrected chi connectivity index (χ0v) is 22.9. The van der Waals surface area contributed by atoms with Gasteiger partial charge >= 0.3 is 18.3 Å². The Kier molecular flexibility index (Phi) is 9.55. The molecule has 0 bridgehead atoms. The summed E-state index contributed by atoms with van der Waals surface area (Å²) in [5.74, 6) is -1.63. The number of nitrogens with zero attached hydrogens (tertiary/aromatic N) is 9. The zero-order chi connectivity index (χ0) is 31.4. The van der Waals surface area contributed by atoms with Crippen LogP contribution >= 0.6 is 0 Å². The molecule has 12 nitrogen and oxygen atoms in total. The molecule has 18 heteroatoms. The normalized spacial score (nSPS) is 18.3. The average molecular weight is 615 g/mol. The number of imidazole rings is 1.